The molecule has 1 N–H and O–H groups in total. The molecule has 1 aliphatic carbocycles. The minimum atomic E-state index is 0.565. The molecule has 0 spiro atoms. The number of nitrogens with one attached hydrogen (secondary N) is 1. The van der Waals surface area contributed by atoms with Crippen LogP contribution >= 0.6 is 0 Å². The number of hydrogen-bond acceptors (Lipinski definition) is 3. The number of rotatable bonds is 5. The van der Waals surface area contributed by atoms with E-state index in [1.165, 1.54) is 44.3 Å². The van der Waals surface area contributed by atoms with Gasteiger partial charge >= 0.3 is 0 Å². The SMILES string of the molecule is CC[C@@H]1[C@@H](NC2CCN(Cc3ccccc3)CC2)[C@@H]2CCO[C@H]12. The Balaban J connectivity index is 1.25. The van der Waals surface area contributed by atoms with E-state index >= 15 is 0 Å². The Hall–Kier alpha value is -0.900. The topological polar surface area (TPSA) is 24.5 Å². The van der Waals surface area contributed by atoms with Crippen LogP contribution in [0.5, 0.6) is 0 Å². The van der Waals surface area contributed by atoms with Crippen molar-refractivity contribution in [2.45, 2.75) is 57.3 Å². The third kappa shape index (κ3) is 3.19. The highest BCUT2D eigenvalue weighted by molar-refractivity contribution is 5.14. The van der Waals surface area contributed by atoms with Gasteiger partial charge in [-0.3, -0.25) is 4.90 Å². The summed E-state index contributed by atoms with van der Waals surface area (Å²) in [6.45, 7) is 6.85. The average Bonchev–Trinajstić information content (AvgIpc) is 3.00. The number of benzene rings is 1. The van der Waals surface area contributed by atoms with Crippen molar-refractivity contribution in [2.24, 2.45) is 11.8 Å². The van der Waals surface area contributed by atoms with Crippen LogP contribution in [0.4, 0.5) is 0 Å². The zero-order chi connectivity index (χ0) is 15.6. The van der Waals surface area contributed by atoms with Crippen LogP contribution in [0.15, 0.2) is 30.3 Å². The minimum absolute atomic E-state index is 0.565. The van der Waals surface area contributed by atoms with Crippen LogP contribution in [0, 0.1) is 11.8 Å². The molecule has 2 saturated heterocycles. The van der Waals surface area contributed by atoms with Crippen LogP contribution in [-0.2, 0) is 11.3 Å². The minimum Gasteiger partial charge on any atom is -0.378 e. The monoisotopic (exact) mass is 314 g/mol. The summed E-state index contributed by atoms with van der Waals surface area (Å²) in [5.41, 5.74) is 1.44. The highest BCUT2D eigenvalue weighted by Gasteiger charge is 2.53. The van der Waals surface area contributed by atoms with E-state index in [9.17, 15) is 0 Å². The molecule has 3 aliphatic rings. The van der Waals surface area contributed by atoms with E-state index in [-0.39, 0.29) is 0 Å². The summed E-state index contributed by atoms with van der Waals surface area (Å²) < 4.78 is 5.91. The highest BCUT2D eigenvalue weighted by Crippen LogP contribution is 2.45. The zero-order valence-electron chi connectivity index (χ0n) is 14.3. The van der Waals surface area contributed by atoms with Crippen molar-refractivity contribution in [2.75, 3.05) is 19.7 Å². The first-order valence-corrected chi connectivity index (χ1v) is 9.49. The van der Waals surface area contributed by atoms with Gasteiger partial charge in [0.05, 0.1) is 6.10 Å². The predicted octanol–water partition coefficient (Wildman–Crippen LogP) is 3.05. The third-order valence-corrected chi connectivity index (χ3v) is 6.26. The quantitative estimate of drug-likeness (QED) is 0.904. The number of likely N-dealkylation sites (tertiary alicyclic amines) is 1. The fourth-order valence-corrected chi connectivity index (χ4v) is 4.93. The molecular formula is C20H30N2O. The second-order valence-corrected chi connectivity index (χ2v) is 7.59. The predicted molar refractivity (Wildman–Crippen MR) is 93.3 cm³/mol. The highest BCUT2D eigenvalue weighted by atomic mass is 16.5. The lowest BCUT2D eigenvalue weighted by Crippen LogP contribution is -2.62. The first kappa shape index (κ1) is 15.6. The Morgan fingerprint density at radius 1 is 1.13 bits per heavy atom. The molecule has 1 aromatic carbocycles. The Labute approximate surface area is 140 Å². The largest absolute Gasteiger partial charge is 0.378 e. The molecule has 2 aliphatic heterocycles. The van der Waals surface area contributed by atoms with Gasteiger partial charge < -0.3 is 10.1 Å². The normalized spacial score (nSPS) is 35.0. The van der Waals surface area contributed by atoms with Crippen molar-refractivity contribution < 1.29 is 4.74 Å². The Kier molecular flexibility index (Phi) is 4.70. The average molecular weight is 314 g/mol. The van der Waals surface area contributed by atoms with E-state index < -0.39 is 0 Å². The van der Waals surface area contributed by atoms with Gasteiger partial charge in [0.25, 0.3) is 0 Å². The Bertz CT molecular complexity index is 498. The van der Waals surface area contributed by atoms with Gasteiger partial charge in [-0.1, -0.05) is 37.3 Å². The number of piperidine rings is 1. The number of ether oxygens (including phenoxy) is 1. The summed E-state index contributed by atoms with van der Waals surface area (Å²) in [7, 11) is 0. The van der Waals surface area contributed by atoms with E-state index in [1.807, 2.05) is 0 Å². The summed E-state index contributed by atoms with van der Waals surface area (Å²) in [6, 6.07) is 12.3. The number of nitrogens with zero attached hydrogens (tertiary/aromatic N) is 1. The maximum Gasteiger partial charge on any atom is 0.0662 e. The van der Waals surface area contributed by atoms with Gasteiger partial charge in [-0.05, 0) is 44.3 Å². The summed E-state index contributed by atoms with van der Waals surface area (Å²) in [6.07, 6.45) is 5.67. The molecule has 0 bridgehead atoms. The molecule has 4 rings (SSSR count). The van der Waals surface area contributed by atoms with Crippen LogP contribution in [0.1, 0.15) is 38.2 Å². The Morgan fingerprint density at radius 3 is 2.65 bits per heavy atom. The van der Waals surface area contributed by atoms with E-state index in [2.05, 4.69) is 47.5 Å². The van der Waals surface area contributed by atoms with Gasteiger partial charge in [0.15, 0.2) is 0 Å². The van der Waals surface area contributed by atoms with Crippen LogP contribution in [-0.4, -0.2) is 42.8 Å². The molecule has 3 fully saturated rings. The smallest absolute Gasteiger partial charge is 0.0662 e. The van der Waals surface area contributed by atoms with Crippen molar-refractivity contribution in [3.05, 3.63) is 35.9 Å². The van der Waals surface area contributed by atoms with Crippen LogP contribution in [0.25, 0.3) is 0 Å². The van der Waals surface area contributed by atoms with E-state index in [4.69, 9.17) is 4.74 Å². The third-order valence-electron chi connectivity index (χ3n) is 6.26. The van der Waals surface area contributed by atoms with E-state index in [0.717, 1.165) is 31.0 Å². The molecule has 1 saturated carbocycles. The summed E-state index contributed by atoms with van der Waals surface area (Å²) >= 11 is 0. The van der Waals surface area contributed by atoms with Crippen molar-refractivity contribution in [1.29, 1.82) is 0 Å². The lowest BCUT2D eigenvalue weighted by atomic mass is 9.65. The molecule has 0 radical (unpaired) electrons. The van der Waals surface area contributed by atoms with Gasteiger partial charge in [0.1, 0.15) is 0 Å². The molecular weight excluding hydrogens is 284 g/mol. The molecule has 3 nitrogen and oxygen atoms in total. The summed E-state index contributed by atoms with van der Waals surface area (Å²) in [5.74, 6) is 1.55. The van der Waals surface area contributed by atoms with Gasteiger partial charge in [0, 0.05) is 37.1 Å². The van der Waals surface area contributed by atoms with Crippen molar-refractivity contribution >= 4 is 0 Å². The van der Waals surface area contributed by atoms with Crippen molar-refractivity contribution in [1.82, 2.24) is 10.2 Å². The van der Waals surface area contributed by atoms with Gasteiger partial charge in [-0.2, -0.15) is 0 Å². The maximum absolute atomic E-state index is 5.91. The molecule has 0 unspecified atom stereocenters. The molecule has 126 valence electrons. The molecule has 1 aromatic rings. The fraction of sp³-hybridized carbons (Fsp3) is 0.700. The molecule has 0 amide bonds. The summed E-state index contributed by atoms with van der Waals surface area (Å²) in [5, 5.41) is 4.01. The van der Waals surface area contributed by atoms with E-state index in [1.54, 1.807) is 0 Å². The second-order valence-electron chi connectivity index (χ2n) is 7.59. The van der Waals surface area contributed by atoms with Crippen LogP contribution in [0.3, 0.4) is 0 Å². The molecule has 2 heterocycles. The number of fused-ring (bicyclic) bond motifs is 1. The molecule has 3 heteroatoms. The van der Waals surface area contributed by atoms with Crippen molar-refractivity contribution in [3.8, 4) is 0 Å². The fourth-order valence-electron chi connectivity index (χ4n) is 4.93. The first-order chi connectivity index (χ1) is 11.3. The number of hydrogen-bond donors (Lipinski definition) is 1. The van der Waals surface area contributed by atoms with E-state index in [0.29, 0.717) is 12.1 Å². The molecule has 0 aromatic heterocycles. The lowest BCUT2D eigenvalue weighted by molar-refractivity contribution is -0.0628. The van der Waals surface area contributed by atoms with Gasteiger partial charge in [-0.25, -0.2) is 0 Å². The van der Waals surface area contributed by atoms with Gasteiger partial charge in [0.2, 0.25) is 0 Å². The Morgan fingerprint density at radius 2 is 1.91 bits per heavy atom. The summed E-state index contributed by atoms with van der Waals surface area (Å²) in [4.78, 5) is 2.60. The molecule has 4 atom stereocenters. The van der Waals surface area contributed by atoms with Crippen molar-refractivity contribution in [3.63, 3.8) is 0 Å². The second kappa shape index (κ2) is 6.92. The lowest BCUT2D eigenvalue weighted by Gasteiger charge is -2.50. The van der Waals surface area contributed by atoms with Crippen LogP contribution in [0.2, 0.25) is 0 Å². The molecule has 23 heavy (non-hydrogen) atoms. The van der Waals surface area contributed by atoms with Crippen LogP contribution < -0.4 is 5.32 Å². The first-order valence-electron chi connectivity index (χ1n) is 9.49. The van der Waals surface area contributed by atoms with Gasteiger partial charge in [-0.15, -0.1) is 0 Å². The zero-order valence-corrected chi connectivity index (χ0v) is 14.3. The maximum atomic E-state index is 5.91. The standard InChI is InChI=1S/C20H30N2O/c1-2-17-19(18-10-13-23-20(17)18)21-16-8-11-22(12-9-16)14-15-6-4-3-5-7-15/h3-7,16-21H,2,8-14H2,1H3/t17-,18+,19-,20-/m1/s1.